The number of methoxy groups -OCH3 is 1. The van der Waals surface area contributed by atoms with Crippen molar-refractivity contribution in [1.29, 1.82) is 5.41 Å². The van der Waals surface area contributed by atoms with Gasteiger partial charge in [-0.1, -0.05) is 36.4 Å². The number of amidine groups is 1. The van der Waals surface area contributed by atoms with Crippen LogP contribution in [0.3, 0.4) is 0 Å². The molecular weight excluding hydrogens is 318 g/mol. The summed E-state index contributed by atoms with van der Waals surface area (Å²) >= 11 is 0. The topological polar surface area (TPSA) is 96.5 Å². The Hall–Kier alpha value is -3.15. The first-order valence-corrected chi connectivity index (χ1v) is 7.80. The maximum atomic E-state index is 12.1. The van der Waals surface area contributed by atoms with Crippen LogP contribution in [-0.4, -0.2) is 31.9 Å². The number of anilines is 1. The molecule has 2 aromatic carbocycles. The Morgan fingerprint density at radius 1 is 1.00 bits per heavy atom. The third kappa shape index (κ3) is 4.67. The molecule has 2 rings (SSSR count). The lowest BCUT2D eigenvalue weighted by Gasteiger charge is -2.17. The number of rotatable bonds is 6. The van der Waals surface area contributed by atoms with Gasteiger partial charge in [0.05, 0.1) is 13.5 Å². The Labute approximate surface area is 146 Å². The molecule has 1 amide bonds. The van der Waals surface area contributed by atoms with Crippen LogP contribution in [0, 0.1) is 5.41 Å². The summed E-state index contributed by atoms with van der Waals surface area (Å²) in [5.41, 5.74) is 8.87. The fraction of sp³-hybridized carbons (Fsp3) is 0.211. The first-order chi connectivity index (χ1) is 11.9. The second-order valence-corrected chi connectivity index (χ2v) is 5.57. The average molecular weight is 339 g/mol. The Bertz CT molecular complexity index is 768. The Morgan fingerprint density at radius 3 is 2.00 bits per heavy atom. The Balaban J connectivity index is 2.07. The molecule has 0 saturated heterocycles. The van der Waals surface area contributed by atoms with Crippen LogP contribution in [0.5, 0.6) is 0 Å². The molecule has 0 spiro atoms. The molecule has 0 aliphatic rings. The molecule has 0 radical (unpaired) electrons. The fourth-order valence-corrected chi connectivity index (χ4v) is 2.34. The third-order valence-corrected chi connectivity index (χ3v) is 3.93. The van der Waals surface area contributed by atoms with Crippen molar-refractivity contribution < 1.29 is 14.3 Å². The summed E-state index contributed by atoms with van der Waals surface area (Å²) in [5, 5.41) is 7.41. The molecule has 25 heavy (non-hydrogen) atoms. The van der Waals surface area contributed by atoms with Crippen LogP contribution in [0.15, 0.2) is 48.5 Å². The van der Waals surface area contributed by atoms with E-state index in [9.17, 15) is 9.59 Å². The summed E-state index contributed by atoms with van der Waals surface area (Å²) in [6, 6.07) is 14.9. The quantitative estimate of drug-likeness (QED) is 0.480. The molecule has 0 aliphatic carbocycles. The van der Waals surface area contributed by atoms with Crippen LogP contribution >= 0.6 is 0 Å². The molecule has 2 aromatic rings. The minimum atomic E-state index is -0.397. The maximum absolute atomic E-state index is 12.1. The number of nitrogen functional groups attached to an aromatic ring is 1. The smallest absolute Gasteiger partial charge is 0.306 e. The number of nitrogens with one attached hydrogen (secondary N) is 1. The minimum absolute atomic E-state index is 0.0361. The lowest BCUT2D eigenvalue weighted by atomic mass is 10.0. The van der Waals surface area contributed by atoms with Crippen molar-refractivity contribution in [3.8, 4) is 11.1 Å². The molecule has 0 fully saturated rings. The zero-order valence-electron chi connectivity index (χ0n) is 14.3. The highest BCUT2D eigenvalue weighted by Gasteiger charge is 2.13. The van der Waals surface area contributed by atoms with Crippen molar-refractivity contribution in [1.82, 2.24) is 0 Å². The van der Waals surface area contributed by atoms with Gasteiger partial charge in [0.2, 0.25) is 5.91 Å². The SMILES string of the molecule is COC(=O)CCC(=O)N(C)c1ccc(-c2ccc(C(=N)N)cc2)cc1. The van der Waals surface area contributed by atoms with Gasteiger partial charge in [-0.15, -0.1) is 0 Å². The molecule has 130 valence electrons. The zero-order chi connectivity index (χ0) is 18.4. The van der Waals surface area contributed by atoms with Gasteiger partial charge in [-0.25, -0.2) is 0 Å². The lowest BCUT2D eigenvalue weighted by molar-refractivity contribution is -0.141. The van der Waals surface area contributed by atoms with Gasteiger partial charge in [0, 0.05) is 24.7 Å². The van der Waals surface area contributed by atoms with E-state index in [4.69, 9.17) is 11.1 Å². The molecule has 0 saturated carbocycles. The van der Waals surface area contributed by atoms with Crippen LogP contribution in [0.2, 0.25) is 0 Å². The highest BCUT2D eigenvalue weighted by atomic mass is 16.5. The molecule has 6 heteroatoms. The van der Waals surface area contributed by atoms with Crippen LogP contribution in [0.25, 0.3) is 11.1 Å². The van der Waals surface area contributed by atoms with Gasteiger partial charge in [0.1, 0.15) is 5.84 Å². The van der Waals surface area contributed by atoms with Crippen LogP contribution in [0.1, 0.15) is 18.4 Å². The number of esters is 1. The first-order valence-electron chi connectivity index (χ1n) is 7.80. The summed E-state index contributed by atoms with van der Waals surface area (Å²) in [6.45, 7) is 0. The summed E-state index contributed by atoms with van der Waals surface area (Å²) < 4.78 is 4.54. The molecule has 0 atom stereocenters. The van der Waals surface area contributed by atoms with Crippen LogP contribution < -0.4 is 10.6 Å². The van der Waals surface area contributed by atoms with Crippen molar-refractivity contribution >= 4 is 23.4 Å². The molecular formula is C19H21N3O3. The van der Waals surface area contributed by atoms with Crippen molar-refractivity contribution in [2.75, 3.05) is 19.1 Å². The zero-order valence-corrected chi connectivity index (χ0v) is 14.3. The summed E-state index contributed by atoms with van der Waals surface area (Å²) in [5.74, 6) is -0.510. The number of nitrogens with two attached hydrogens (primary N) is 1. The lowest BCUT2D eigenvalue weighted by Crippen LogP contribution is -2.26. The van der Waals surface area contributed by atoms with Gasteiger partial charge in [-0.2, -0.15) is 0 Å². The molecule has 0 aliphatic heterocycles. The minimum Gasteiger partial charge on any atom is -0.469 e. The van der Waals surface area contributed by atoms with Gasteiger partial charge < -0.3 is 15.4 Å². The van der Waals surface area contributed by atoms with Crippen LogP contribution in [-0.2, 0) is 14.3 Å². The predicted octanol–water partition coefficient (Wildman–Crippen LogP) is 2.55. The number of carbonyl (C=O) groups excluding carboxylic acids is 2. The maximum Gasteiger partial charge on any atom is 0.306 e. The standard InChI is InChI=1S/C19H21N3O3/c1-22(17(23)11-12-18(24)25-2)16-9-7-14(8-10-16)13-3-5-15(6-4-13)19(20)21/h3-10H,11-12H2,1-2H3,(H3,20,21). The number of benzene rings is 2. The summed E-state index contributed by atoms with van der Waals surface area (Å²) in [4.78, 5) is 24.8. The number of nitrogens with zero attached hydrogens (tertiary/aromatic N) is 1. The average Bonchev–Trinajstić information content (AvgIpc) is 2.65. The molecule has 0 bridgehead atoms. The van der Waals surface area contributed by atoms with Gasteiger partial charge in [-0.05, 0) is 23.3 Å². The van der Waals surface area contributed by atoms with Gasteiger partial charge in [0.15, 0.2) is 0 Å². The van der Waals surface area contributed by atoms with E-state index in [1.807, 2.05) is 36.4 Å². The van der Waals surface area contributed by atoms with E-state index in [1.165, 1.54) is 12.0 Å². The molecule has 3 N–H and O–H groups in total. The normalized spacial score (nSPS) is 10.2. The van der Waals surface area contributed by atoms with Gasteiger partial charge in [-0.3, -0.25) is 15.0 Å². The second kappa shape index (κ2) is 8.10. The first kappa shape index (κ1) is 18.2. The van der Waals surface area contributed by atoms with E-state index in [0.29, 0.717) is 5.56 Å². The van der Waals surface area contributed by atoms with Crippen molar-refractivity contribution in [3.63, 3.8) is 0 Å². The molecule has 0 aromatic heterocycles. The molecule has 0 unspecified atom stereocenters. The third-order valence-electron chi connectivity index (χ3n) is 3.93. The number of carbonyl (C=O) groups is 2. The van der Waals surface area contributed by atoms with E-state index in [1.54, 1.807) is 19.2 Å². The van der Waals surface area contributed by atoms with Crippen molar-refractivity contribution in [2.45, 2.75) is 12.8 Å². The highest BCUT2D eigenvalue weighted by molar-refractivity contribution is 5.96. The fourth-order valence-electron chi connectivity index (χ4n) is 2.34. The molecule has 0 heterocycles. The number of amides is 1. The van der Waals surface area contributed by atoms with E-state index >= 15 is 0 Å². The van der Waals surface area contributed by atoms with E-state index in [0.717, 1.165) is 16.8 Å². The van der Waals surface area contributed by atoms with Gasteiger partial charge >= 0.3 is 5.97 Å². The highest BCUT2D eigenvalue weighted by Crippen LogP contribution is 2.23. The van der Waals surface area contributed by atoms with Crippen LogP contribution in [0.4, 0.5) is 5.69 Å². The van der Waals surface area contributed by atoms with E-state index in [-0.39, 0.29) is 24.6 Å². The Kier molecular flexibility index (Phi) is 5.89. The van der Waals surface area contributed by atoms with Crippen molar-refractivity contribution in [2.24, 2.45) is 5.73 Å². The number of ether oxygens (including phenoxy) is 1. The second-order valence-electron chi connectivity index (χ2n) is 5.57. The summed E-state index contributed by atoms with van der Waals surface area (Å²) in [6.07, 6.45) is 0.178. The number of hydrogen-bond donors (Lipinski definition) is 2. The largest absolute Gasteiger partial charge is 0.469 e. The predicted molar refractivity (Wildman–Crippen MR) is 97.6 cm³/mol. The van der Waals surface area contributed by atoms with Crippen molar-refractivity contribution in [3.05, 3.63) is 54.1 Å². The van der Waals surface area contributed by atoms with Gasteiger partial charge in [0.25, 0.3) is 0 Å². The molecule has 6 nitrogen and oxygen atoms in total. The monoisotopic (exact) mass is 339 g/mol. The number of hydrogen-bond acceptors (Lipinski definition) is 4. The summed E-state index contributed by atoms with van der Waals surface area (Å²) in [7, 11) is 2.98. The Morgan fingerprint density at radius 2 is 1.52 bits per heavy atom. The van der Waals surface area contributed by atoms with E-state index in [2.05, 4.69) is 4.74 Å². The van der Waals surface area contributed by atoms with E-state index < -0.39 is 5.97 Å².